The smallest absolute Gasteiger partial charge is 0.230 e. The van der Waals surface area contributed by atoms with E-state index >= 15 is 0 Å². The second-order valence-electron chi connectivity index (χ2n) is 8.34. The van der Waals surface area contributed by atoms with Crippen molar-refractivity contribution in [1.29, 1.82) is 0 Å². The average molecular weight is 450 g/mol. The van der Waals surface area contributed by atoms with Gasteiger partial charge in [0.1, 0.15) is 0 Å². The van der Waals surface area contributed by atoms with E-state index in [0.717, 1.165) is 51.4 Å². The molecule has 1 aromatic heterocycles. The Morgan fingerprint density at radius 1 is 1.00 bits per heavy atom. The van der Waals surface area contributed by atoms with E-state index in [4.69, 9.17) is 0 Å². The molecule has 3 saturated heterocycles. The Bertz CT molecular complexity index is 832. The number of aromatic nitrogens is 2. The fraction of sp³-hybridized carbons (Fsp3) is 0.500. The molecule has 0 saturated carbocycles. The normalized spacial score (nSPS) is 27.3. The van der Waals surface area contributed by atoms with Crippen molar-refractivity contribution in [2.75, 3.05) is 31.1 Å². The summed E-state index contributed by atoms with van der Waals surface area (Å²) in [5.41, 5.74) is 0.969. The van der Waals surface area contributed by atoms with Crippen molar-refractivity contribution in [3.63, 3.8) is 0 Å². The van der Waals surface area contributed by atoms with Gasteiger partial charge in [-0.1, -0.05) is 30.3 Å². The molecule has 3 aliphatic heterocycles. The zero-order valence-corrected chi connectivity index (χ0v) is 18.6. The van der Waals surface area contributed by atoms with Crippen LogP contribution in [0.1, 0.15) is 24.8 Å². The lowest BCUT2D eigenvalue weighted by Crippen LogP contribution is -2.57. The highest BCUT2D eigenvalue weighted by atomic mass is 35.5. The quantitative estimate of drug-likeness (QED) is 0.777. The van der Waals surface area contributed by atoms with Crippen molar-refractivity contribution in [2.24, 2.45) is 5.41 Å². The monoisotopic (exact) mass is 449 g/mol. The Labute approximate surface area is 190 Å². The molecular formula is C22H29Cl2N5O. The molecule has 2 bridgehead atoms. The molecule has 1 aromatic carbocycles. The largest absolute Gasteiger partial charge is 0.339 e. The number of hydrogen-bond donors (Lipinski definition) is 1. The molecule has 1 N–H and O–H groups in total. The minimum absolute atomic E-state index is 0. The molecule has 3 fully saturated rings. The van der Waals surface area contributed by atoms with Gasteiger partial charge in [-0.15, -0.1) is 24.8 Å². The van der Waals surface area contributed by atoms with E-state index in [1.807, 2.05) is 12.1 Å². The maximum absolute atomic E-state index is 13.8. The van der Waals surface area contributed by atoms with Gasteiger partial charge in [-0.2, -0.15) is 0 Å². The fourth-order valence-corrected chi connectivity index (χ4v) is 5.34. The van der Waals surface area contributed by atoms with Gasteiger partial charge < -0.3 is 15.1 Å². The third-order valence-electron chi connectivity index (χ3n) is 6.71. The number of halogens is 2. The number of carbonyl (C=O) groups is 1. The van der Waals surface area contributed by atoms with Crippen LogP contribution in [0.5, 0.6) is 0 Å². The lowest BCUT2D eigenvalue weighted by molar-refractivity contribution is -0.143. The van der Waals surface area contributed by atoms with E-state index in [1.54, 1.807) is 12.4 Å². The fourth-order valence-electron chi connectivity index (χ4n) is 5.34. The number of fused-ring (bicyclic) bond motifs is 2. The predicted molar refractivity (Wildman–Crippen MR) is 122 cm³/mol. The molecule has 8 heteroatoms. The van der Waals surface area contributed by atoms with Gasteiger partial charge in [0.25, 0.3) is 0 Å². The number of carbonyl (C=O) groups excluding carboxylic acids is 1. The van der Waals surface area contributed by atoms with Crippen LogP contribution in [-0.2, 0) is 11.2 Å². The number of rotatable bonds is 4. The summed E-state index contributed by atoms with van der Waals surface area (Å²) in [6, 6.07) is 13.1. The summed E-state index contributed by atoms with van der Waals surface area (Å²) in [5.74, 6) is 1.10. The summed E-state index contributed by atoms with van der Waals surface area (Å²) in [6.45, 7) is 3.06. The highest BCUT2D eigenvalue weighted by Gasteiger charge is 2.56. The average Bonchev–Trinajstić information content (AvgIpc) is 3.37. The van der Waals surface area contributed by atoms with Gasteiger partial charge in [-0.3, -0.25) is 4.79 Å². The van der Waals surface area contributed by atoms with Crippen LogP contribution in [0.15, 0.2) is 48.8 Å². The maximum atomic E-state index is 13.8. The third kappa shape index (κ3) is 4.13. The van der Waals surface area contributed by atoms with Crippen LogP contribution < -0.4 is 10.2 Å². The molecule has 6 nitrogen and oxygen atoms in total. The molecule has 3 aliphatic rings. The number of amides is 1. The number of nitrogens with one attached hydrogen (secondary N) is 1. The van der Waals surface area contributed by atoms with E-state index in [9.17, 15) is 4.79 Å². The molecule has 0 unspecified atom stereocenters. The van der Waals surface area contributed by atoms with Crippen molar-refractivity contribution < 1.29 is 4.79 Å². The lowest BCUT2D eigenvalue weighted by Gasteiger charge is -2.42. The van der Waals surface area contributed by atoms with Crippen LogP contribution in [0, 0.1) is 5.41 Å². The third-order valence-corrected chi connectivity index (χ3v) is 6.71. The number of anilines is 1. The topological polar surface area (TPSA) is 61.4 Å². The summed E-state index contributed by atoms with van der Waals surface area (Å²) < 4.78 is 0. The Kier molecular flexibility index (Phi) is 7.22. The van der Waals surface area contributed by atoms with Gasteiger partial charge in [0.15, 0.2) is 0 Å². The number of benzene rings is 1. The van der Waals surface area contributed by atoms with Crippen molar-refractivity contribution in [3.8, 4) is 0 Å². The molecule has 3 atom stereocenters. The molecule has 4 heterocycles. The zero-order chi connectivity index (χ0) is 19.0. The summed E-state index contributed by atoms with van der Waals surface area (Å²) in [6.07, 6.45) is 7.66. The Morgan fingerprint density at radius 2 is 1.70 bits per heavy atom. The first-order valence-corrected chi connectivity index (χ1v) is 10.4. The number of nitrogens with zero attached hydrogens (tertiary/aromatic N) is 4. The van der Waals surface area contributed by atoms with Crippen molar-refractivity contribution in [1.82, 2.24) is 20.2 Å². The summed E-state index contributed by atoms with van der Waals surface area (Å²) in [4.78, 5) is 26.8. The Morgan fingerprint density at radius 3 is 2.30 bits per heavy atom. The van der Waals surface area contributed by atoms with Crippen LogP contribution in [0.25, 0.3) is 0 Å². The van der Waals surface area contributed by atoms with E-state index in [2.05, 4.69) is 49.4 Å². The van der Waals surface area contributed by atoms with Crippen LogP contribution in [0.4, 0.5) is 5.95 Å². The molecular weight excluding hydrogens is 421 g/mol. The first-order chi connectivity index (χ1) is 13.7. The second-order valence-corrected chi connectivity index (χ2v) is 8.34. The molecule has 0 spiro atoms. The van der Waals surface area contributed by atoms with Gasteiger partial charge >= 0.3 is 0 Å². The zero-order valence-electron chi connectivity index (χ0n) is 16.9. The van der Waals surface area contributed by atoms with Gasteiger partial charge in [-0.05, 0) is 37.3 Å². The number of hydrogen-bond acceptors (Lipinski definition) is 5. The van der Waals surface area contributed by atoms with Crippen LogP contribution >= 0.6 is 24.8 Å². The van der Waals surface area contributed by atoms with E-state index in [0.29, 0.717) is 18.0 Å². The van der Waals surface area contributed by atoms with Crippen molar-refractivity contribution >= 4 is 36.7 Å². The molecule has 0 radical (unpaired) electrons. The minimum Gasteiger partial charge on any atom is -0.339 e. The first kappa shape index (κ1) is 22.8. The summed E-state index contributed by atoms with van der Waals surface area (Å²) in [7, 11) is 0. The summed E-state index contributed by atoms with van der Waals surface area (Å²) in [5, 5.41) is 3.72. The Hall–Kier alpha value is -1.89. The highest BCUT2D eigenvalue weighted by Crippen LogP contribution is 2.47. The minimum atomic E-state index is -0.296. The molecule has 0 aliphatic carbocycles. The van der Waals surface area contributed by atoms with Crippen LogP contribution in [-0.4, -0.2) is 59.0 Å². The SMILES string of the molecule is Cl.Cl.O=C(N1CCN(c2ncccn2)CC1)[C@]1(Cc2ccccc2)C[C@@H]2CC[C@H]1N2. The highest BCUT2D eigenvalue weighted by molar-refractivity contribution is 5.86. The van der Waals surface area contributed by atoms with E-state index in [-0.39, 0.29) is 30.2 Å². The molecule has 2 aromatic rings. The van der Waals surface area contributed by atoms with E-state index in [1.165, 1.54) is 12.0 Å². The maximum Gasteiger partial charge on any atom is 0.230 e. The summed E-state index contributed by atoms with van der Waals surface area (Å²) >= 11 is 0. The molecule has 30 heavy (non-hydrogen) atoms. The molecule has 5 rings (SSSR count). The standard InChI is InChI=1S/C22H27N5O.2ClH/c28-20(26-11-13-27(14-12-26)21-23-9-4-10-24-21)22(15-17-5-2-1-3-6-17)16-18-7-8-19(22)25-18;;/h1-6,9-10,18-19,25H,7-8,11-16H2;2*1H/t18-,19+,22+;;/m0../s1. The van der Waals surface area contributed by atoms with Gasteiger partial charge in [0, 0.05) is 50.7 Å². The van der Waals surface area contributed by atoms with Gasteiger partial charge in [0.05, 0.1) is 5.41 Å². The van der Waals surface area contributed by atoms with Crippen LogP contribution in [0.3, 0.4) is 0 Å². The predicted octanol–water partition coefficient (Wildman–Crippen LogP) is 2.72. The molecule has 1 amide bonds. The van der Waals surface area contributed by atoms with Gasteiger partial charge in [-0.25, -0.2) is 9.97 Å². The van der Waals surface area contributed by atoms with E-state index < -0.39 is 0 Å². The lowest BCUT2D eigenvalue weighted by atomic mass is 9.69. The Balaban J connectivity index is 0.00000128. The first-order valence-electron chi connectivity index (χ1n) is 10.4. The van der Waals surface area contributed by atoms with Crippen molar-refractivity contribution in [3.05, 3.63) is 54.4 Å². The second kappa shape index (κ2) is 9.50. The van der Waals surface area contributed by atoms with Crippen LogP contribution in [0.2, 0.25) is 0 Å². The van der Waals surface area contributed by atoms with Gasteiger partial charge in [0.2, 0.25) is 11.9 Å². The molecule has 162 valence electrons. The van der Waals surface area contributed by atoms with Crippen molar-refractivity contribution in [2.45, 2.75) is 37.8 Å². The number of piperazine rings is 1.